The van der Waals surface area contributed by atoms with Crippen molar-refractivity contribution >= 4 is 11.6 Å². The van der Waals surface area contributed by atoms with Crippen LogP contribution in [-0.4, -0.2) is 25.0 Å². The molecule has 0 saturated carbocycles. The average Bonchev–Trinajstić information content (AvgIpc) is 2.65. The Morgan fingerprint density at radius 2 is 2.18 bits per heavy atom. The molecule has 3 nitrogen and oxygen atoms in total. The summed E-state index contributed by atoms with van der Waals surface area (Å²) < 4.78 is 0. The van der Waals surface area contributed by atoms with Crippen LogP contribution < -0.4 is 10.2 Å². The number of rotatable bonds is 5. The minimum atomic E-state index is 0.232. The Morgan fingerprint density at radius 3 is 2.94 bits per heavy atom. The minimum absolute atomic E-state index is 0.232. The molecule has 1 N–H and O–H groups in total. The fraction of sp³-hybridized carbons (Fsp3) is 0.500. The molecule has 0 fully saturated rings. The van der Waals surface area contributed by atoms with Crippen LogP contribution in [0.3, 0.4) is 0 Å². The normalized spacial score (nSPS) is 16.1. The first-order valence-electron chi connectivity index (χ1n) is 6.34. The van der Waals surface area contributed by atoms with Crippen molar-refractivity contribution in [3.63, 3.8) is 0 Å². The first-order chi connectivity index (χ1) is 8.24. The molecule has 0 saturated heterocycles. The van der Waals surface area contributed by atoms with Crippen LogP contribution in [0.2, 0.25) is 0 Å². The monoisotopic (exact) mass is 232 g/mol. The second-order valence-corrected chi connectivity index (χ2v) is 4.56. The number of carbonyl (C=O) groups is 1. The highest BCUT2D eigenvalue weighted by molar-refractivity contribution is 6.01. The largest absolute Gasteiger partial charge is 0.317 e. The first kappa shape index (κ1) is 12.1. The van der Waals surface area contributed by atoms with Crippen molar-refractivity contribution in [2.75, 3.05) is 18.0 Å². The van der Waals surface area contributed by atoms with Crippen molar-refractivity contribution in [3.8, 4) is 0 Å². The highest BCUT2D eigenvalue weighted by Crippen LogP contribution is 2.30. The Bertz CT molecular complexity index is 403. The van der Waals surface area contributed by atoms with Gasteiger partial charge in [0, 0.05) is 11.7 Å². The molecule has 1 aliphatic heterocycles. The standard InChI is InChI=1S/C14H20N2O/c1-3-15-9-8-11(2)16-13-7-5-4-6-12(13)10-14(16)17/h4-7,11,15H,3,8-10H2,1-2H3. The summed E-state index contributed by atoms with van der Waals surface area (Å²) >= 11 is 0. The quantitative estimate of drug-likeness (QED) is 0.787. The maximum Gasteiger partial charge on any atom is 0.231 e. The summed E-state index contributed by atoms with van der Waals surface area (Å²) in [5, 5.41) is 3.30. The summed E-state index contributed by atoms with van der Waals surface area (Å²) in [5.74, 6) is 0.232. The third-order valence-corrected chi connectivity index (χ3v) is 3.29. The Hall–Kier alpha value is -1.35. The summed E-state index contributed by atoms with van der Waals surface area (Å²) in [7, 11) is 0. The molecule has 2 rings (SSSR count). The molecular formula is C14H20N2O. The van der Waals surface area contributed by atoms with E-state index in [1.54, 1.807) is 0 Å². The second-order valence-electron chi connectivity index (χ2n) is 4.56. The van der Waals surface area contributed by atoms with E-state index < -0.39 is 0 Å². The maximum absolute atomic E-state index is 12.0. The number of carbonyl (C=O) groups excluding carboxylic acids is 1. The number of amides is 1. The van der Waals surface area contributed by atoms with Crippen LogP contribution in [0.25, 0.3) is 0 Å². The zero-order valence-corrected chi connectivity index (χ0v) is 10.6. The van der Waals surface area contributed by atoms with E-state index in [0.717, 1.165) is 30.8 Å². The van der Waals surface area contributed by atoms with Gasteiger partial charge in [0.05, 0.1) is 6.42 Å². The first-order valence-corrected chi connectivity index (χ1v) is 6.34. The lowest BCUT2D eigenvalue weighted by Gasteiger charge is -2.25. The van der Waals surface area contributed by atoms with Crippen molar-refractivity contribution < 1.29 is 4.79 Å². The molecule has 1 aromatic rings. The lowest BCUT2D eigenvalue weighted by molar-refractivity contribution is -0.117. The maximum atomic E-state index is 12.0. The van der Waals surface area contributed by atoms with E-state index in [9.17, 15) is 4.79 Å². The third-order valence-electron chi connectivity index (χ3n) is 3.29. The highest BCUT2D eigenvalue weighted by Gasteiger charge is 2.29. The molecule has 0 bridgehead atoms. The summed E-state index contributed by atoms with van der Waals surface area (Å²) in [6.45, 7) is 6.17. The number of hydrogen-bond donors (Lipinski definition) is 1. The zero-order valence-electron chi connectivity index (χ0n) is 10.6. The summed E-state index contributed by atoms with van der Waals surface area (Å²) in [6.07, 6.45) is 1.55. The molecule has 1 aliphatic rings. The van der Waals surface area contributed by atoms with E-state index in [2.05, 4.69) is 19.2 Å². The van der Waals surface area contributed by atoms with Crippen molar-refractivity contribution in [2.24, 2.45) is 0 Å². The lowest BCUT2D eigenvalue weighted by Crippen LogP contribution is -2.37. The van der Waals surface area contributed by atoms with Crippen LogP contribution in [0, 0.1) is 0 Å². The van der Waals surface area contributed by atoms with Gasteiger partial charge in [-0.25, -0.2) is 0 Å². The van der Waals surface area contributed by atoms with Gasteiger partial charge in [-0.15, -0.1) is 0 Å². The second kappa shape index (κ2) is 5.32. The van der Waals surface area contributed by atoms with Gasteiger partial charge in [-0.2, -0.15) is 0 Å². The van der Waals surface area contributed by atoms with Crippen molar-refractivity contribution in [1.82, 2.24) is 5.32 Å². The molecule has 1 heterocycles. The Kier molecular flexibility index (Phi) is 3.79. The molecule has 0 aromatic heterocycles. The molecule has 3 heteroatoms. The van der Waals surface area contributed by atoms with Gasteiger partial charge in [-0.3, -0.25) is 4.79 Å². The highest BCUT2D eigenvalue weighted by atomic mass is 16.2. The summed E-state index contributed by atoms with van der Waals surface area (Å²) in [4.78, 5) is 14.0. The number of benzene rings is 1. The number of nitrogens with one attached hydrogen (secondary N) is 1. The molecule has 92 valence electrons. The van der Waals surface area contributed by atoms with Crippen LogP contribution in [0.5, 0.6) is 0 Å². The Balaban J connectivity index is 2.07. The van der Waals surface area contributed by atoms with Crippen LogP contribution in [0.15, 0.2) is 24.3 Å². The van der Waals surface area contributed by atoms with Crippen LogP contribution >= 0.6 is 0 Å². The smallest absolute Gasteiger partial charge is 0.231 e. The van der Waals surface area contributed by atoms with E-state index in [0.29, 0.717) is 6.42 Å². The van der Waals surface area contributed by atoms with Gasteiger partial charge in [0.15, 0.2) is 0 Å². The van der Waals surface area contributed by atoms with Gasteiger partial charge in [-0.1, -0.05) is 25.1 Å². The van der Waals surface area contributed by atoms with Gasteiger partial charge in [-0.05, 0) is 38.1 Å². The van der Waals surface area contributed by atoms with Crippen LogP contribution in [0.1, 0.15) is 25.8 Å². The number of para-hydroxylation sites is 1. The van der Waals surface area contributed by atoms with Gasteiger partial charge >= 0.3 is 0 Å². The van der Waals surface area contributed by atoms with Gasteiger partial charge < -0.3 is 10.2 Å². The van der Waals surface area contributed by atoms with Gasteiger partial charge in [0.1, 0.15) is 0 Å². The predicted molar refractivity (Wildman–Crippen MR) is 70.3 cm³/mol. The zero-order chi connectivity index (χ0) is 12.3. The molecule has 0 aliphatic carbocycles. The third kappa shape index (κ3) is 2.50. The number of nitrogens with zero attached hydrogens (tertiary/aromatic N) is 1. The number of hydrogen-bond acceptors (Lipinski definition) is 2. The van der Waals surface area contributed by atoms with E-state index in [-0.39, 0.29) is 11.9 Å². The fourth-order valence-electron chi connectivity index (χ4n) is 2.38. The van der Waals surface area contributed by atoms with Crippen molar-refractivity contribution in [3.05, 3.63) is 29.8 Å². The fourth-order valence-corrected chi connectivity index (χ4v) is 2.38. The summed E-state index contributed by atoms with van der Waals surface area (Å²) in [6, 6.07) is 8.36. The van der Waals surface area contributed by atoms with Gasteiger partial charge in [0.25, 0.3) is 0 Å². The van der Waals surface area contributed by atoms with E-state index in [1.165, 1.54) is 0 Å². The SMILES string of the molecule is CCNCCC(C)N1C(=O)Cc2ccccc21. The van der Waals surface area contributed by atoms with Gasteiger partial charge in [0.2, 0.25) is 5.91 Å². The molecule has 1 aromatic carbocycles. The predicted octanol–water partition coefficient (Wildman–Crippen LogP) is 1.96. The van der Waals surface area contributed by atoms with E-state index >= 15 is 0 Å². The van der Waals surface area contributed by atoms with Crippen LogP contribution in [0.4, 0.5) is 5.69 Å². The molecule has 1 amide bonds. The molecular weight excluding hydrogens is 212 g/mol. The average molecular weight is 232 g/mol. The van der Waals surface area contributed by atoms with Crippen LogP contribution in [-0.2, 0) is 11.2 Å². The minimum Gasteiger partial charge on any atom is -0.317 e. The number of anilines is 1. The van der Waals surface area contributed by atoms with Crippen molar-refractivity contribution in [1.29, 1.82) is 0 Å². The molecule has 0 radical (unpaired) electrons. The van der Waals surface area contributed by atoms with E-state index in [1.807, 2.05) is 29.2 Å². The Labute approximate surface area is 103 Å². The molecule has 1 unspecified atom stereocenters. The molecule has 0 spiro atoms. The van der Waals surface area contributed by atoms with E-state index in [4.69, 9.17) is 0 Å². The topological polar surface area (TPSA) is 32.3 Å². The Morgan fingerprint density at radius 1 is 1.41 bits per heavy atom. The number of fused-ring (bicyclic) bond motifs is 1. The molecule has 1 atom stereocenters. The summed E-state index contributed by atoms with van der Waals surface area (Å²) in [5.41, 5.74) is 2.26. The van der Waals surface area contributed by atoms with Crippen molar-refractivity contribution in [2.45, 2.75) is 32.7 Å². The lowest BCUT2D eigenvalue weighted by atomic mass is 10.1. The molecule has 17 heavy (non-hydrogen) atoms.